The Kier molecular flexibility index (Phi) is 5.15. The second-order valence-electron chi connectivity index (χ2n) is 6.69. The van der Waals surface area contributed by atoms with Gasteiger partial charge in [-0.25, -0.2) is 0 Å². The first kappa shape index (κ1) is 16.2. The van der Waals surface area contributed by atoms with Gasteiger partial charge < -0.3 is 9.33 Å². The summed E-state index contributed by atoms with van der Waals surface area (Å²) in [5, 5.41) is 10.6. The van der Waals surface area contributed by atoms with E-state index in [1.807, 2.05) is 4.90 Å². The van der Waals surface area contributed by atoms with Crippen LogP contribution in [0.15, 0.2) is 12.4 Å². The quantitative estimate of drug-likeness (QED) is 0.442. The van der Waals surface area contributed by atoms with Gasteiger partial charge in [0.25, 0.3) is 0 Å². The van der Waals surface area contributed by atoms with Crippen LogP contribution in [0.3, 0.4) is 0 Å². The van der Waals surface area contributed by atoms with Crippen molar-refractivity contribution in [3.8, 4) is 0 Å². The summed E-state index contributed by atoms with van der Waals surface area (Å²) in [5.41, 5.74) is 0. The Labute approximate surface area is 116 Å². The Morgan fingerprint density at radius 1 is 1.47 bits per heavy atom. The van der Waals surface area contributed by atoms with Gasteiger partial charge in [0.15, 0.2) is 8.32 Å². The van der Waals surface area contributed by atoms with E-state index in [1.165, 1.54) is 0 Å². The van der Waals surface area contributed by atoms with Crippen molar-refractivity contribution >= 4 is 8.32 Å². The molecule has 5 nitrogen and oxygen atoms in total. The predicted octanol–water partition coefficient (Wildman–Crippen LogP) is 3.22. The van der Waals surface area contributed by atoms with E-state index in [-0.39, 0.29) is 11.1 Å². The molecule has 0 N–H and O–H groups in total. The number of rotatable bonds is 5. The average molecular weight is 286 g/mol. The van der Waals surface area contributed by atoms with E-state index >= 15 is 0 Å². The van der Waals surface area contributed by atoms with Crippen molar-refractivity contribution < 1.29 is 9.35 Å². The topological polar surface area (TPSA) is 55.6 Å². The van der Waals surface area contributed by atoms with Crippen molar-refractivity contribution in [2.75, 3.05) is 13.2 Å². The van der Waals surface area contributed by atoms with E-state index in [4.69, 9.17) is 4.43 Å². The lowest BCUT2D eigenvalue weighted by Crippen LogP contribution is -2.44. The molecule has 19 heavy (non-hydrogen) atoms. The highest BCUT2D eigenvalue weighted by Crippen LogP contribution is 2.37. The lowest BCUT2D eigenvalue weighted by atomic mass is 10.2. The molecule has 1 aliphatic heterocycles. The predicted molar refractivity (Wildman–Crippen MR) is 79.0 cm³/mol. The van der Waals surface area contributed by atoms with Gasteiger partial charge in [0.05, 0.1) is 23.8 Å². The minimum absolute atomic E-state index is 0.201. The fourth-order valence-corrected chi connectivity index (χ4v) is 2.94. The van der Waals surface area contributed by atoms with Gasteiger partial charge in [0.1, 0.15) is 0 Å². The van der Waals surface area contributed by atoms with Crippen molar-refractivity contribution in [3.63, 3.8) is 0 Å². The molecule has 1 saturated heterocycles. The molecule has 1 rings (SSSR count). The van der Waals surface area contributed by atoms with Gasteiger partial charge in [0, 0.05) is 6.54 Å². The molecule has 0 aromatic heterocycles. The SMILES string of the molecule is CC(C)(C)[Si](C)(C)OC[C@@H]1CCCN1/C=C/[N+](=O)[O-]. The lowest BCUT2D eigenvalue weighted by Gasteiger charge is -2.37. The summed E-state index contributed by atoms with van der Waals surface area (Å²) in [5.74, 6) is 0. The van der Waals surface area contributed by atoms with Crippen LogP contribution in [-0.4, -0.2) is 37.3 Å². The van der Waals surface area contributed by atoms with Gasteiger partial charge in [-0.15, -0.1) is 0 Å². The zero-order valence-corrected chi connectivity index (χ0v) is 13.7. The molecule has 0 saturated carbocycles. The van der Waals surface area contributed by atoms with Gasteiger partial charge in [-0.3, -0.25) is 10.1 Å². The maximum absolute atomic E-state index is 10.4. The molecule has 0 unspecified atom stereocenters. The molecule has 0 bridgehead atoms. The van der Waals surface area contributed by atoms with Crippen LogP contribution in [0.4, 0.5) is 0 Å². The minimum Gasteiger partial charge on any atom is -0.415 e. The van der Waals surface area contributed by atoms with Crippen LogP contribution in [0.2, 0.25) is 18.1 Å². The van der Waals surface area contributed by atoms with Crippen LogP contribution in [0.1, 0.15) is 33.6 Å². The fourth-order valence-electron chi connectivity index (χ4n) is 1.89. The summed E-state index contributed by atoms with van der Waals surface area (Å²) >= 11 is 0. The fraction of sp³-hybridized carbons (Fsp3) is 0.846. The summed E-state index contributed by atoms with van der Waals surface area (Å²) in [6.07, 6.45) is 4.74. The Bertz CT molecular complexity index is 350. The number of nitrogens with zero attached hydrogens (tertiary/aromatic N) is 2. The molecular weight excluding hydrogens is 260 g/mol. The van der Waals surface area contributed by atoms with Crippen molar-refractivity contribution in [3.05, 3.63) is 22.5 Å². The zero-order valence-electron chi connectivity index (χ0n) is 12.7. The molecule has 0 aromatic rings. The van der Waals surface area contributed by atoms with E-state index in [0.29, 0.717) is 6.61 Å². The third-order valence-corrected chi connectivity index (χ3v) is 8.75. The smallest absolute Gasteiger partial charge is 0.250 e. The van der Waals surface area contributed by atoms with Crippen molar-refractivity contribution in [2.45, 2.75) is 57.8 Å². The third-order valence-electron chi connectivity index (χ3n) is 4.25. The van der Waals surface area contributed by atoms with Crippen LogP contribution in [0.5, 0.6) is 0 Å². The number of hydrogen-bond donors (Lipinski definition) is 0. The van der Waals surface area contributed by atoms with Crippen LogP contribution in [-0.2, 0) is 4.43 Å². The Morgan fingerprint density at radius 2 is 2.11 bits per heavy atom. The van der Waals surface area contributed by atoms with Crippen LogP contribution >= 0.6 is 0 Å². The van der Waals surface area contributed by atoms with Gasteiger partial charge in [0.2, 0.25) is 6.20 Å². The van der Waals surface area contributed by atoms with Crippen LogP contribution in [0, 0.1) is 10.1 Å². The summed E-state index contributed by atoms with van der Waals surface area (Å²) in [6.45, 7) is 12.7. The molecule has 0 aromatic carbocycles. The molecule has 1 heterocycles. The monoisotopic (exact) mass is 286 g/mol. The van der Waals surface area contributed by atoms with E-state index in [0.717, 1.165) is 25.6 Å². The van der Waals surface area contributed by atoms with Gasteiger partial charge >= 0.3 is 0 Å². The Morgan fingerprint density at radius 3 is 2.63 bits per heavy atom. The van der Waals surface area contributed by atoms with Crippen molar-refractivity contribution in [1.29, 1.82) is 0 Å². The highest BCUT2D eigenvalue weighted by Gasteiger charge is 2.38. The first-order valence-electron chi connectivity index (χ1n) is 6.85. The van der Waals surface area contributed by atoms with E-state index in [2.05, 4.69) is 33.9 Å². The molecule has 1 fully saturated rings. The minimum atomic E-state index is -1.73. The molecular formula is C13H26N2O3Si. The first-order chi connectivity index (χ1) is 8.63. The van der Waals surface area contributed by atoms with Crippen LogP contribution < -0.4 is 0 Å². The maximum Gasteiger partial charge on any atom is 0.250 e. The highest BCUT2D eigenvalue weighted by molar-refractivity contribution is 6.74. The highest BCUT2D eigenvalue weighted by atomic mass is 28.4. The van der Waals surface area contributed by atoms with E-state index in [9.17, 15) is 10.1 Å². The molecule has 0 spiro atoms. The zero-order chi connectivity index (χ0) is 14.7. The molecule has 110 valence electrons. The number of nitro groups is 1. The Hall–Kier alpha value is -0.883. The summed E-state index contributed by atoms with van der Waals surface area (Å²) in [7, 11) is -1.73. The summed E-state index contributed by atoms with van der Waals surface area (Å²) in [6, 6.07) is 0.283. The molecule has 0 radical (unpaired) electrons. The van der Waals surface area contributed by atoms with Crippen LogP contribution in [0.25, 0.3) is 0 Å². The number of likely N-dealkylation sites (tertiary alicyclic amines) is 1. The standard InChI is InChI=1S/C13H26N2O3Si/c1-13(2,3)19(4,5)18-11-12-7-6-8-14(12)9-10-15(16)17/h9-10,12H,6-8,11H2,1-5H3/b10-9+/t12-/m0/s1. The summed E-state index contributed by atoms with van der Waals surface area (Å²) < 4.78 is 6.21. The molecule has 0 aliphatic carbocycles. The van der Waals surface area contributed by atoms with Gasteiger partial charge in [-0.2, -0.15) is 0 Å². The molecule has 1 atom stereocenters. The second-order valence-corrected chi connectivity index (χ2v) is 11.5. The van der Waals surface area contributed by atoms with E-state index < -0.39 is 13.2 Å². The maximum atomic E-state index is 10.4. The van der Waals surface area contributed by atoms with Gasteiger partial charge in [-0.1, -0.05) is 20.8 Å². The Balaban J connectivity index is 2.55. The van der Waals surface area contributed by atoms with E-state index in [1.54, 1.807) is 6.20 Å². The second kappa shape index (κ2) is 6.05. The molecule has 6 heteroatoms. The molecule has 0 amide bonds. The number of hydrogen-bond acceptors (Lipinski definition) is 4. The van der Waals surface area contributed by atoms with Crippen molar-refractivity contribution in [2.24, 2.45) is 0 Å². The lowest BCUT2D eigenvalue weighted by molar-refractivity contribution is -0.403. The molecule has 1 aliphatic rings. The first-order valence-corrected chi connectivity index (χ1v) is 9.76. The van der Waals surface area contributed by atoms with Crippen molar-refractivity contribution in [1.82, 2.24) is 4.90 Å². The third kappa shape index (κ3) is 4.61. The summed E-state index contributed by atoms with van der Waals surface area (Å²) in [4.78, 5) is 12.0. The average Bonchev–Trinajstić information content (AvgIpc) is 2.69. The normalized spacial score (nSPS) is 21.3. The largest absolute Gasteiger partial charge is 0.415 e. The van der Waals surface area contributed by atoms with Gasteiger partial charge in [-0.05, 0) is 31.0 Å².